The Balaban J connectivity index is 1.52. The van der Waals surface area contributed by atoms with Gasteiger partial charge in [0, 0.05) is 43.2 Å². The molecular weight excluding hydrogens is 302 g/mol. The van der Waals surface area contributed by atoms with Crippen LogP contribution in [0, 0.1) is 0 Å². The number of rotatable bonds is 3. The van der Waals surface area contributed by atoms with Crippen LogP contribution in [0.15, 0.2) is 41.8 Å². The van der Waals surface area contributed by atoms with E-state index in [4.69, 9.17) is 0 Å². The molecule has 24 heavy (non-hydrogen) atoms. The summed E-state index contributed by atoms with van der Waals surface area (Å²) in [6.07, 6.45) is 6.52. The molecule has 1 fully saturated rings. The van der Waals surface area contributed by atoms with Crippen LogP contribution in [0.2, 0.25) is 0 Å². The van der Waals surface area contributed by atoms with Crippen LogP contribution in [0.4, 0.5) is 5.69 Å². The predicted molar refractivity (Wildman–Crippen MR) is 93.1 cm³/mol. The van der Waals surface area contributed by atoms with Gasteiger partial charge in [-0.2, -0.15) is 5.10 Å². The maximum absolute atomic E-state index is 12.9. The Morgan fingerprint density at radius 2 is 2.08 bits per heavy atom. The zero-order valence-corrected chi connectivity index (χ0v) is 13.8. The number of benzene rings is 1. The van der Waals surface area contributed by atoms with Gasteiger partial charge in [0.1, 0.15) is 5.82 Å². The number of nitrogens with zero attached hydrogens (tertiary/aromatic N) is 4. The Hall–Kier alpha value is -2.63. The van der Waals surface area contributed by atoms with E-state index in [-0.39, 0.29) is 11.9 Å². The van der Waals surface area contributed by atoms with Crippen molar-refractivity contribution >= 4 is 17.3 Å². The number of hydrogen-bond acceptors (Lipinski definition) is 4. The van der Waals surface area contributed by atoms with Gasteiger partial charge in [0.25, 0.3) is 5.91 Å². The number of anilines is 1. The first-order chi connectivity index (χ1) is 11.7. The molecule has 0 spiro atoms. The Morgan fingerprint density at radius 3 is 2.75 bits per heavy atom. The smallest absolute Gasteiger partial charge is 0.254 e. The minimum absolute atomic E-state index is 0.0537. The summed E-state index contributed by atoms with van der Waals surface area (Å²) in [5.74, 6) is 0.945. The monoisotopic (exact) mass is 323 g/mol. The summed E-state index contributed by atoms with van der Waals surface area (Å²) < 4.78 is 0. The SMILES string of the molecule is CC1=NN(c2ccc(C(=O)N3CCCC3c3ncc[nH]3)cc2)CC1. The molecule has 124 valence electrons. The highest BCUT2D eigenvalue weighted by atomic mass is 16.2. The summed E-state index contributed by atoms with van der Waals surface area (Å²) in [6.45, 7) is 3.73. The maximum Gasteiger partial charge on any atom is 0.254 e. The molecule has 2 aliphatic heterocycles. The lowest BCUT2D eigenvalue weighted by Gasteiger charge is -2.23. The Kier molecular flexibility index (Phi) is 3.80. The summed E-state index contributed by atoms with van der Waals surface area (Å²) >= 11 is 0. The molecule has 3 heterocycles. The normalized spacial score (nSPS) is 20.5. The lowest BCUT2D eigenvalue weighted by molar-refractivity contribution is 0.0730. The van der Waals surface area contributed by atoms with Gasteiger partial charge >= 0.3 is 0 Å². The minimum Gasteiger partial charge on any atom is -0.347 e. The molecule has 1 unspecified atom stereocenters. The predicted octanol–water partition coefficient (Wildman–Crippen LogP) is 2.97. The fourth-order valence-corrected chi connectivity index (χ4v) is 3.46. The molecule has 6 nitrogen and oxygen atoms in total. The zero-order chi connectivity index (χ0) is 16.5. The topological polar surface area (TPSA) is 64.6 Å². The number of hydrazone groups is 1. The lowest BCUT2D eigenvalue weighted by atomic mass is 10.1. The summed E-state index contributed by atoms with van der Waals surface area (Å²) in [7, 11) is 0. The van der Waals surface area contributed by atoms with Gasteiger partial charge < -0.3 is 9.88 Å². The average Bonchev–Trinajstić information content (AvgIpc) is 3.35. The molecule has 0 bridgehead atoms. The van der Waals surface area contributed by atoms with Crippen LogP contribution >= 0.6 is 0 Å². The van der Waals surface area contributed by atoms with Gasteiger partial charge in [-0.05, 0) is 44.0 Å². The number of H-pyrrole nitrogens is 1. The number of aromatic amines is 1. The number of carbonyl (C=O) groups excluding carboxylic acids is 1. The third kappa shape index (κ3) is 2.68. The van der Waals surface area contributed by atoms with Crippen molar-refractivity contribution in [1.82, 2.24) is 14.9 Å². The van der Waals surface area contributed by atoms with Crippen molar-refractivity contribution in [3.8, 4) is 0 Å². The molecule has 0 saturated carbocycles. The number of aromatic nitrogens is 2. The molecule has 1 aromatic heterocycles. The van der Waals surface area contributed by atoms with E-state index >= 15 is 0 Å². The summed E-state index contributed by atoms with van der Waals surface area (Å²) in [5.41, 5.74) is 2.90. The van der Waals surface area contributed by atoms with Gasteiger partial charge in [-0.3, -0.25) is 9.80 Å². The van der Waals surface area contributed by atoms with Crippen LogP contribution in [0.5, 0.6) is 0 Å². The van der Waals surface area contributed by atoms with Crippen molar-refractivity contribution in [2.75, 3.05) is 18.1 Å². The van der Waals surface area contributed by atoms with E-state index in [0.717, 1.165) is 55.1 Å². The van der Waals surface area contributed by atoms with Crippen LogP contribution in [-0.4, -0.2) is 39.6 Å². The van der Waals surface area contributed by atoms with E-state index in [0.29, 0.717) is 0 Å². The first kappa shape index (κ1) is 14.9. The van der Waals surface area contributed by atoms with Gasteiger partial charge in [-0.25, -0.2) is 4.98 Å². The van der Waals surface area contributed by atoms with E-state index in [1.165, 1.54) is 0 Å². The zero-order valence-electron chi connectivity index (χ0n) is 13.8. The maximum atomic E-state index is 12.9. The van der Waals surface area contributed by atoms with Crippen molar-refractivity contribution in [2.45, 2.75) is 32.2 Å². The molecule has 0 aliphatic carbocycles. The molecule has 6 heteroatoms. The Labute approximate surface area is 141 Å². The molecule has 1 atom stereocenters. The van der Waals surface area contributed by atoms with Gasteiger partial charge in [0.2, 0.25) is 0 Å². The average molecular weight is 323 g/mol. The minimum atomic E-state index is 0.0537. The summed E-state index contributed by atoms with van der Waals surface area (Å²) in [6, 6.07) is 7.81. The number of likely N-dealkylation sites (tertiary alicyclic amines) is 1. The molecule has 1 amide bonds. The quantitative estimate of drug-likeness (QED) is 0.944. The highest BCUT2D eigenvalue weighted by Crippen LogP contribution is 2.31. The summed E-state index contributed by atoms with van der Waals surface area (Å²) in [4.78, 5) is 22.3. The first-order valence-electron chi connectivity index (χ1n) is 8.44. The highest BCUT2D eigenvalue weighted by molar-refractivity contribution is 5.95. The third-order valence-corrected chi connectivity index (χ3v) is 4.74. The second kappa shape index (κ2) is 6.11. The van der Waals surface area contributed by atoms with Gasteiger partial charge in [0.15, 0.2) is 0 Å². The van der Waals surface area contributed by atoms with Crippen molar-refractivity contribution in [2.24, 2.45) is 5.10 Å². The second-order valence-electron chi connectivity index (χ2n) is 6.39. The Morgan fingerprint density at radius 1 is 1.25 bits per heavy atom. The number of carbonyl (C=O) groups is 1. The van der Waals surface area contributed by atoms with Gasteiger partial charge in [0.05, 0.1) is 11.7 Å². The fraction of sp³-hybridized carbons (Fsp3) is 0.389. The largest absolute Gasteiger partial charge is 0.347 e. The standard InChI is InChI=1S/C18H21N5O/c1-13-8-12-23(21-13)15-6-4-14(5-7-15)18(24)22-11-2-3-16(22)17-19-9-10-20-17/h4-7,9-10,16H,2-3,8,11-12H2,1H3,(H,19,20). The van der Waals surface area contributed by atoms with Crippen LogP contribution in [0.3, 0.4) is 0 Å². The van der Waals surface area contributed by atoms with Gasteiger partial charge in [-0.15, -0.1) is 0 Å². The van der Waals surface area contributed by atoms with Crippen molar-refractivity contribution in [1.29, 1.82) is 0 Å². The molecule has 4 rings (SSSR count). The molecule has 2 aliphatic rings. The van der Waals surface area contributed by atoms with E-state index in [9.17, 15) is 4.79 Å². The van der Waals surface area contributed by atoms with Crippen LogP contribution in [-0.2, 0) is 0 Å². The second-order valence-corrected chi connectivity index (χ2v) is 6.39. The van der Waals surface area contributed by atoms with Crippen molar-refractivity contribution in [3.63, 3.8) is 0 Å². The number of hydrogen-bond donors (Lipinski definition) is 1. The first-order valence-corrected chi connectivity index (χ1v) is 8.44. The van der Waals surface area contributed by atoms with Crippen molar-refractivity contribution in [3.05, 3.63) is 48.0 Å². The van der Waals surface area contributed by atoms with Crippen molar-refractivity contribution < 1.29 is 4.79 Å². The number of amides is 1. The number of nitrogens with one attached hydrogen (secondary N) is 1. The third-order valence-electron chi connectivity index (χ3n) is 4.74. The Bertz CT molecular complexity index is 750. The molecular formula is C18H21N5O. The van der Waals surface area contributed by atoms with E-state index in [1.807, 2.05) is 47.3 Å². The lowest BCUT2D eigenvalue weighted by Crippen LogP contribution is -2.31. The van der Waals surface area contributed by atoms with Gasteiger partial charge in [-0.1, -0.05) is 0 Å². The molecule has 2 aromatic rings. The summed E-state index contributed by atoms with van der Waals surface area (Å²) in [5, 5.41) is 6.49. The fourth-order valence-electron chi connectivity index (χ4n) is 3.46. The van der Waals surface area contributed by atoms with E-state index in [2.05, 4.69) is 15.1 Å². The molecule has 1 aromatic carbocycles. The van der Waals surface area contributed by atoms with Crippen LogP contribution < -0.4 is 5.01 Å². The highest BCUT2D eigenvalue weighted by Gasteiger charge is 2.32. The molecule has 1 N–H and O–H groups in total. The molecule has 1 saturated heterocycles. The van der Waals surface area contributed by atoms with Crippen LogP contribution in [0.1, 0.15) is 48.4 Å². The van der Waals surface area contributed by atoms with E-state index in [1.54, 1.807) is 6.20 Å². The van der Waals surface area contributed by atoms with Crippen LogP contribution in [0.25, 0.3) is 0 Å². The number of imidazole rings is 1. The molecule has 0 radical (unpaired) electrons. The van der Waals surface area contributed by atoms with E-state index < -0.39 is 0 Å².